The Kier molecular flexibility index (Phi) is 8.23. The van der Waals surface area contributed by atoms with Crippen molar-refractivity contribution in [3.8, 4) is 5.75 Å². The molecular weight excluding hydrogens is 374 g/mol. The van der Waals surface area contributed by atoms with Crippen molar-refractivity contribution in [2.45, 2.75) is 58.6 Å². The third kappa shape index (κ3) is 9.95. The van der Waals surface area contributed by atoms with Crippen LogP contribution in [0.1, 0.15) is 58.6 Å². The summed E-state index contributed by atoms with van der Waals surface area (Å²) in [5, 5.41) is 2.60. The molecule has 9 heteroatoms. The van der Waals surface area contributed by atoms with E-state index in [1.807, 2.05) is 6.92 Å². The van der Waals surface area contributed by atoms with Crippen molar-refractivity contribution >= 4 is 22.2 Å². The van der Waals surface area contributed by atoms with E-state index in [4.69, 9.17) is 14.0 Å². The number of hydrogen-bond donors (Lipinski definition) is 2. The monoisotopic (exact) mass is 401 g/mol. The lowest BCUT2D eigenvalue weighted by Gasteiger charge is -2.24. The van der Waals surface area contributed by atoms with Crippen molar-refractivity contribution < 1.29 is 32.0 Å². The molecule has 0 bridgehead atoms. The van der Waals surface area contributed by atoms with Crippen molar-refractivity contribution in [3.63, 3.8) is 0 Å². The number of carbonyl (C=O) groups is 2. The van der Waals surface area contributed by atoms with E-state index in [0.717, 1.165) is 0 Å². The summed E-state index contributed by atoms with van der Waals surface area (Å²) >= 11 is 0. The van der Waals surface area contributed by atoms with Gasteiger partial charge in [0.2, 0.25) is 0 Å². The van der Waals surface area contributed by atoms with Crippen LogP contribution in [-0.4, -0.2) is 36.4 Å². The third-order valence-corrected chi connectivity index (χ3v) is 4.08. The van der Waals surface area contributed by atoms with Gasteiger partial charge in [-0.1, -0.05) is 19.1 Å². The minimum Gasteiger partial charge on any atom is -0.444 e. The molecule has 152 valence electrons. The highest BCUT2D eigenvalue weighted by molar-refractivity contribution is 7.85. The van der Waals surface area contributed by atoms with Gasteiger partial charge in [-0.25, -0.2) is 4.79 Å². The smallest absolute Gasteiger partial charge is 0.408 e. The van der Waals surface area contributed by atoms with Gasteiger partial charge in [-0.15, -0.1) is 0 Å². The van der Waals surface area contributed by atoms with Crippen LogP contribution in [0, 0.1) is 0 Å². The molecule has 0 aromatic heterocycles. The number of benzene rings is 1. The molecule has 0 saturated heterocycles. The second kappa shape index (κ2) is 9.70. The van der Waals surface area contributed by atoms with Gasteiger partial charge in [0.05, 0.1) is 11.8 Å². The number of rotatable bonds is 8. The molecule has 8 nitrogen and oxygen atoms in total. The van der Waals surface area contributed by atoms with Crippen molar-refractivity contribution in [2.24, 2.45) is 0 Å². The third-order valence-electron chi connectivity index (χ3n) is 3.32. The Morgan fingerprint density at radius 2 is 1.78 bits per heavy atom. The summed E-state index contributed by atoms with van der Waals surface area (Å²) in [6.07, 6.45) is 0.224. The summed E-state index contributed by atoms with van der Waals surface area (Å²) in [7, 11) is -4.19. The van der Waals surface area contributed by atoms with E-state index in [-0.39, 0.29) is 12.4 Å². The quantitative estimate of drug-likeness (QED) is 0.390. The SMILES string of the molecule is CCCC(=O)Oc1ccc([C@@H](CCS(=O)(=O)O)NC(=O)OC(C)(C)C)cc1. The minimum atomic E-state index is -4.19. The fourth-order valence-corrected chi connectivity index (χ4v) is 2.73. The fourth-order valence-electron chi connectivity index (χ4n) is 2.19. The summed E-state index contributed by atoms with van der Waals surface area (Å²) in [6.45, 7) is 6.99. The molecule has 1 rings (SSSR count). The molecule has 1 atom stereocenters. The van der Waals surface area contributed by atoms with Gasteiger partial charge in [-0.3, -0.25) is 9.35 Å². The normalized spacial score (nSPS) is 12.9. The summed E-state index contributed by atoms with van der Waals surface area (Å²) in [4.78, 5) is 23.6. The van der Waals surface area contributed by atoms with Crippen LogP contribution in [0.2, 0.25) is 0 Å². The molecule has 2 N–H and O–H groups in total. The molecule has 1 aromatic carbocycles. The van der Waals surface area contributed by atoms with E-state index < -0.39 is 33.6 Å². The van der Waals surface area contributed by atoms with Crippen molar-refractivity contribution in [2.75, 3.05) is 5.75 Å². The highest BCUT2D eigenvalue weighted by Gasteiger charge is 2.22. The predicted molar refractivity (Wildman–Crippen MR) is 100 cm³/mol. The van der Waals surface area contributed by atoms with Gasteiger partial charge in [0.25, 0.3) is 10.1 Å². The van der Waals surface area contributed by atoms with Gasteiger partial charge < -0.3 is 14.8 Å². The molecule has 1 aromatic rings. The molecule has 0 saturated carbocycles. The molecule has 1 amide bonds. The van der Waals surface area contributed by atoms with Gasteiger partial charge in [-0.05, 0) is 51.3 Å². The first-order valence-corrected chi connectivity index (χ1v) is 10.3. The van der Waals surface area contributed by atoms with E-state index in [1.165, 1.54) is 0 Å². The highest BCUT2D eigenvalue weighted by Crippen LogP contribution is 2.22. The van der Waals surface area contributed by atoms with Gasteiger partial charge in [0, 0.05) is 6.42 Å². The van der Waals surface area contributed by atoms with Crippen molar-refractivity contribution in [1.82, 2.24) is 5.32 Å². The lowest BCUT2D eigenvalue weighted by molar-refractivity contribution is -0.134. The van der Waals surface area contributed by atoms with Crippen LogP contribution in [0.15, 0.2) is 24.3 Å². The standard InChI is InChI=1S/C18H27NO7S/c1-5-6-16(20)25-14-9-7-13(8-10-14)15(11-12-27(22,23)24)19-17(21)26-18(2,3)4/h7-10,15H,5-6,11-12H2,1-4H3,(H,19,21)(H,22,23,24)/t15-/m1/s1. The maximum atomic E-state index is 12.0. The van der Waals surface area contributed by atoms with Crippen molar-refractivity contribution in [1.29, 1.82) is 0 Å². The Morgan fingerprint density at radius 1 is 1.19 bits per heavy atom. The van der Waals surface area contributed by atoms with E-state index in [0.29, 0.717) is 24.2 Å². The second-order valence-electron chi connectivity index (χ2n) is 7.07. The number of nitrogens with one attached hydrogen (secondary N) is 1. The molecule has 0 fully saturated rings. The first-order chi connectivity index (χ1) is 12.4. The molecule has 0 radical (unpaired) electrons. The molecule has 27 heavy (non-hydrogen) atoms. The topological polar surface area (TPSA) is 119 Å². The van der Waals surface area contributed by atoms with Crippen LogP contribution in [0.4, 0.5) is 4.79 Å². The first kappa shape index (κ1) is 22.9. The summed E-state index contributed by atoms with van der Waals surface area (Å²) < 4.78 is 41.5. The molecule has 0 aliphatic rings. The zero-order valence-corrected chi connectivity index (χ0v) is 16.8. The average molecular weight is 401 g/mol. The molecule has 0 heterocycles. The molecular formula is C18H27NO7S. The maximum Gasteiger partial charge on any atom is 0.408 e. The van der Waals surface area contributed by atoms with Gasteiger partial charge in [0.15, 0.2) is 0 Å². The molecule has 0 aliphatic carbocycles. The highest BCUT2D eigenvalue weighted by atomic mass is 32.2. The van der Waals surface area contributed by atoms with Gasteiger partial charge in [0.1, 0.15) is 11.4 Å². The van der Waals surface area contributed by atoms with E-state index in [2.05, 4.69) is 5.32 Å². The van der Waals surface area contributed by atoms with Crippen molar-refractivity contribution in [3.05, 3.63) is 29.8 Å². The number of carbonyl (C=O) groups excluding carboxylic acids is 2. The Labute approximate surface area is 160 Å². The Bertz CT molecular complexity index is 736. The number of ether oxygens (including phenoxy) is 2. The van der Waals surface area contributed by atoms with Crippen LogP contribution >= 0.6 is 0 Å². The number of esters is 1. The summed E-state index contributed by atoms with van der Waals surface area (Å²) in [5.41, 5.74) is -0.130. The lowest BCUT2D eigenvalue weighted by Crippen LogP contribution is -2.35. The lowest BCUT2D eigenvalue weighted by atomic mass is 10.0. The zero-order valence-electron chi connectivity index (χ0n) is 16.0. The summed E-state index contributed by atoms with van der Waals surface area (Å²) in [6, 6.07) is 5.63. The molecule has 0 unspecified atom stereocenters. The van der Waals surface area contributed by atoms with Crippen LogP contribution < -0.4 is 10.1 Å². The first-order valence-electron chi connectivity index (χ1n) is 8.65. The van der Waals surface area contributed by atoms with Crippen LogP contribution in [0.3, 0.4) is 0 Å². The van der Waals surface area contributed by atoms with E-state index in [9.17, 15) is 18.0 Å². The van der Waals surface area contributed by atoms with Crippen LogP contribution in [0.25, 0.3) is 0 Å². The number of alkyl carbamates (subject to hydrolysis) is 1. The second-order valence-corrected chi connectivity index (χ2v) is 8.64. The Balaban J connectivity index is 2.90. The molecule has 0 spiro atoms. The molecule has 0 aliphatic heterocycles. The van der Waals surface area contributed by atoms with E-state index in [1.54, 1.807) is 45.0 Å². The predicted octanol–water partition coefficient (Wildman–Crippen LogP) is 3.24. The fraction of sp³-hybridized carbons (Fsp3) is 0.556. The zero-order chi connectivity index (χ0) is 20.7. The number of hydrogen-bond acceptors (Lipinski definition) is 6. The van der Waals surface area contributed by atoms with E-state index >= 15 is 0 Å². The minimum absolute atomic E-state index is 0.0486. The maximum absolute atomic E-state index is 12.0. The summed E-state index contributed by atoms with van der Waals surface area (Å²) in [5.74, 6) is -0.524. The Morgan fingerprint density at radius 3 is 2.26 bits per heavy atom. The Hall–Kier alpha value is -2.13. The number of amides is 1. The largest absolute Gasteiger partial charge is 0.444 e. The van der Waals surface area contributed by atoms with Gasteiger partial charge >= 0.3 is 12.1 Å². The van der Waals surface area contributed by atoms with Crippen LogP contribution in [-0.2, 0) is 19.6 Å². The van der Waals surface area contributed by atoms with Gasteiger partial charge in [-0.2, -0.15) is 8.42 Å². The van der Waals surface area contributed by atoms with Crippen LogP contribution in [0.5, 0.6) is 5.75 Å². The average Bonchev–Trinajstić information content (AvgIpc) is 2.50.